The van der Waals surface area contributed by atoms with Gasteiger partial charge in [0, 0.05) is 57.7 Å². The molecule has 3 aromatic rings. The highest BCUT2D eigenvalue weighted by Crippen LogP contribution is 2.24. The van der Waals surface area contributed by atoms with Crippen LogP contribution in [0.3, 0.4) is 0 Å². The average molecular weight is 556 g/mol. The highest BCUT2D eigenvalue weighted by molar-refractivity contribution is 7.99. The van der Waals surface area contributed by atoms with Crippen molar-refractivity contribution in [3.63, 3.8) is 0 Å². The zero-order valence-electron chi connectivity index (χ0n) is 22.6. The van der Waals surface area contributed by atoms with E-state index in [0.717, 1.165) is 37.5 Å². The van der Waals surface area contributed by atoms with Crippen molar-refractivity contribution in [1.82, 2.24) is 34.6 Å². The third-order valence-corrected chi connectivity index (χ3v) is 8.99. The molecule has 1 atom stereocenters. The first kappa shape index (κ1) is 28.3. The van der Waals surface area contributed by atoms with E-state index in [9.17, 15) is 9.59 Å². The second-order valence-corrected chi connectivity index (χ2v) is 11.6. The predicted molar refractivity (Wildman–Crippen MR) is 151 cm³/mol. The summed E-state index contributed by atoms with van der Waals surface area (Å²) in [5, 5.41) is 8.09. The Morgan fingerprint density at radius 2 is 1.95 bits per heavy atom. The summed E-state index contributed by atoms with van der Waals surface area (Å²) < 4.78 is 1.94. The molecule has 0 aliphatic carbocycles. The quantitative estimate of drug-likeness (QED) is 0.361. The molecule has 4 rings (SSSR count). The van der Waals surface area contributed by atoms with Crippen LogP contribution >= 0.6 is 23.1 Å². The van der Waals surface area contributed by atoms with Crippen LogP contribution in [0.1, 0.15) is 53.5 Å². The third-order valence-electron chi connectivity index (χ3n) is 7.22. The number of hydrogen-bond donors (Lipinski definition) is 1. The van der Waals surface area contributed by atoms with Gasteiger partial charge in [-0.15, -0.1) is 0 Å². The topological polar surface area (TPSA) is 96.2 Å². The Morgan fingerprint density at radius 3 is 2.58 bits per heavy atom. The monoisotopic (exact) mass is 555 g/mol. The Balaban J connectivity index is 1.28. The molecule has 1 fully saturated rings. The molecule has 0 radical (unpaired) electrons. The van der Waals surface area contributed by atoms with Gasteiger partial charge < -0.3 is 19.7 Å². The van der Waals surface area contributed by atoms with E-state index < -0.39 is 0 Å². The fourth-order valence-corrected chi connectivity index (χ4v) is 6.40. The third kappa shape index (κ3) is 7.21. The van der Waals surface area contributed by atoms with Crippen LogP contribution in [0, 0.1) is 13.8 Å². The first-order valence-corrected chi connectivity index (χ1v) is 15.0. The Hall–Kier alpha value is -2.76. The van der Waals surface area contributed by atoms with Crippen molar-refractivity contribution < 1.29 is 9.59 Å². The van der Waals surface area contributed by atoms with Gasteiger partial charge in [-0.25, -0.2) is 15.0 Å². The molecule has 2 amide bonds. The number of carbonyl (C=O) groups excluding carboxylic acids is 2. The van der Waals surface area contributed by atoms with Crippen molar-refractivity contribution in [2.75, 3.05) is 25.4 Å². The molecule has 1 unspecified atom stereocenters. The molecule has 1 saturated heterocycles. The molecule has 1 aliphatic heterocycles. The number of thioether (sulfide) groups is 1. The van der Waals surface area contributed by atoms with Gasteiger partial charge in [0.05, 0.1) is 22.7 Å². The summed E-state index contributed by atoms with van der Waals surface area (Å²) in [5.41, 5.74) is 3.15. The Kier molecular flexibility index (Phi) is 9.92. The molecule has 38 heavy (non-hydrogen) atoms. The van der Waals surface area contributed by atoms with E-state index >= 15 is 0 Å². The van der Waals surface area contributed by atoms with Crippen molar-refractivity contribution in [1.29, 1.82) is 0 Å². The highest BCUT2D eigenvalue weighted by Gasteiger charge is 2.30. The first-order valence-electron chi connectivity index (χ1n) is 13.0. The molecule has 9 nitrogen and oxygen atoms in total. The lowest BCUT2D eigenvalue weighted by Crippen LogP contribution is -2.49. The summed E-state index contributed by atoms with van der Waals surface area (Å²) in [5.74, 6) is 0.433. The number of likely N-dealkylation sites (tertiary alicyclic amines) is 1. The number of imidazole rings is 1. The second-order valence-electron chi connectivity index (χ2n) is 9.84. The van der Waals surface area contributed by atoms with E-state index in [2.05, 4.69) is 53.8 Å². The summed E-state index contributed by atoms with van der Waals surface area (Å²) in [6.07, 6.45) is 7.90. The standard InChI is InChI=1S/C27H37N7O2S2/c1-19(5-9-28-26(36)25-20(2)30-18-31-21(25)3)33-11-6-23(7-12-33)34(15-22-8-14-37-16-22)24(35)17-38-27-29-10-13-32(27)4/h8,10,13-14,16,18-19,23H,5-7,9,11-12,15,17H2,1-4H3,(H,28,36). The smallest absolute Gasteiger partial charge is 0.254 e. The number of nitrogens with one attached hydrogen (secondary N) is 1. The fourth-order valence-electron chi connectivity index (χ4n) is 4.93. The van der Waals surface area contributed by atoms with Gasteiger partial charge in [-0.1, -0.05) is 11.8 Å². The molecule has 11 heteroatoms. The Labute approximate surface area is 233 Å². The lowest BCUT2D eigenvalue weighted by molar-refractivity contribution is -0.132. The van der Waals surface area contributed by atoms with Crippen molar-refractivity contribution in [2.45, 2.75) is 63.8 Å². The number of hydrogen-bond acceptors (Lipinski definition) is 8. The SMILES string of the molecule is Cc1ncnc(C)c1C(=O)NCCC(C)N1CCC(N(Cc2ccsc2)C(=O)CSc2nccn2C)CC1. The van der Waals surface area contributed by atoms with Gasteiger partial charge in [0.25, 0.3) is 5.91 Å². The summed E-state index contributed by atoms with van der Waals surface area (Å²) in [6.45, 7) is 9.00. The van der Waals surface area contributed by atoms with Crippen molar-refractivity contribution in [3.05, 3.63) is 58.1 Å². The largest absolute Gasteiger partial charge is 0.352 e. The molecule has 0 spiro atoms. The second kappa shape index (κ2) is 13.3. The molecule has 0 bridgehead atoms. The minimum atomic E-state index is -0.113. The molecule has 1 N–H and O–H groups in total. The van der Waals surface area contributed by atoms with Crippen LogP contribution < -0.4 is 5.32 Å². The summed E-state index contributed by atoms with van der Waals surface area (Å²) in [7, 11) is 1.95. The number of thiophene rings is 1. The van der Waals surface area contributed by atoms with Crippen LogP contribution in [0.25, 0.3) is 0 Å². The maximum absolute atomic E-state index is 13.4. The molecular weight excluding hydrogens is 518 g/mol. The summed E-state index contributed by atoms with van der Waals surface area (Å²) >= 11 is 3.16. The first-order chi connectivity index (χ1) is 18.3. The highest BCUT2D eigenvalue weighted by atomic mass is 32.2. The van der Waals surface area contributed by atoms with Crippen molar-refractivity contribution in [2.24, 2.45) is 7.05 Å². The van der Waals surface area contributed by atoms with Gasteiger partial charge >= 0.3 is 0 Å². The van der Waals surface area contributed by atoms with Crippen LogP contribution in [0.2, 0.25) is 0 Å². The number of carbonyl (C=O) groups is 2. The molecule has 0 saturated carbocycles. The summed E-state index contributed by atoms with van der Waals surface area (Å²) in [4.78, 5) is 43.2. The van der Waals surface area contributed by atoms with E-state index in [1.165, 1.54) is 23.7 Å². The van der Waals surface area contributed by atoms with Crippen LogP contribution in [0.4, 0.5) is 0 Å². The van der Waals surface area contributed by atoms with Crippen molar-refractivity contribution >= 4 is 34.9 Å². The summed E-state index contributed by atoms with van der Waals surface area (Å²) in [6, 6.07) is 2.66. The van der Waals surface area contributed by atoms with E-state index in [1.807, 2.05) is 31.7 Å². The normalized spacial score (nSPS) is 15.4. The molecule has 0 aromatic carbocycles. The predicted octanol–water partition coefficient (Wildman–Crippen LogP) is 3.68. The zero-order valence-corrected chi connectivity index (χ0v) is 24.2. The van der Waals surface area contributed by atoms with Crippen LogP contribution in [-0.4, -0.2) is 78.6 Å². The molecule has 4 heterocycles. The zero-order chi connectivity index (χ0) is 27.1. The number of aromatic nitrogens is 4. The lowest BCUT2D eigenvalue weighted by Gasteiger charge is -2.41. The van der Waals surface area contributed by atoms with Gasteiger partial charge in [-0.2, -0.15) is 11.3 Å². The molecular formula is C27H37N7O2S2. The van der Waals surface area contributed by atoms with Crippen LogP contribution in [-0.2, 0) is 18.4 Å². The van der Waals surface area contributed by atoms with Gasteiger partial charge in [0.2, 0.25) is 5.91 Å². The van der Waals surface area contributed by atoms with E-state index in [1.54, 1.807) is 17.5 Å². The van der Waals surface area contributed by atoms with E-state index in [-0.39, 0.29) is 17.9 Å². The average Bonchev–Trinajstić information content (AvgIpc) is 3.57. The number of nitrogens with zero attached hydrogens (tertiary/aromatic N) is 6. The maximum atomic E-state index is 13.4. The molecule has 1 aliphatic rings. The Bertz CT molecular complexity index is 1190. The van der Waals surface area contributed by atoms with Gasteiger partial charge in [-0.05, 0) is 62.4 Å². The maximum Gasteiger partial charge on any atom is 0.254 e. The fraction of sp³-hybridized carbons (Fsp3) is 0.519. The molecule has 3 aromatic heterocycles. The lowest BCUT2D eigenvalue weighted by atomic mass is 10.00. The number of piperidine rings is 1. The van der Waals surface area contributed by atoms with Gasteiger partial charge in [0.1, 0.15) is 6.33 Å². The number of amides is 2. The van der Waals surface area contributed by atoms with E-state index in [0.29, 0.717) is 41.8 Å². The van der Waals surface area contributed by atoms with E-state index in [4.69, 9.17) is 0 Å². The van der Waals surface area contributed by atoms with Gasteiger partial charge in [0.15, 0.2) is 5.16 Å². The number of aryl methyl sites for hydroxylation is 3. The van der Waals surface area contributed by atoms with Gasteiger partial charge in [-0.3, -0.25) is 9.59 Å². The van der Waals surface area contributed by atoms with Crippen LogP contribution in [0.5, 0.6) is 0 Å². The molecule has 204 valence electrons. The van der Waals surface area contributed by atoms with Crippen molar-refractivity contribution in [3.8, 4) is 0 Å². The Morgan fingerprint density at radius 1 is 1.21 bits per heavy atom. The number of rotatable bonds is 11. The van der Waals surface area contributed by atoms with Crippen LogP contribution in [0.15, 0.2) is 40.7 Å². The minimum absolute atomic E-state index is 0.113. The minimum Gasteiger partial charge on any atom is -0.352 e.